The van der Waals surface area contributed by atoms with Crippen molar-refractivity contribution in [2.24, 2.45) is 0 Å². The number of methoxy groups -OCH3 is 1. The summed E-state index contributed by atoms with van der Waals surface area (Å²) in [7, 11) is -2.44. The van der Waals surface area contributed by atoms with Crippen LogP contribution in [0.3, 0.4) is 0 Å². The molecule has 1 atom stereocenters. The van der Waals surface area contributed by atoms with Crippen molar-refractivity contribution >= 4 is 21.7 Å². The summed E-state index contributed by atoms with van der Waals surface area (Å²) in [5, 5.41) is 11.6. The van der Waals surface area contributed by atoms with E-state index in [9.17, 15) is 13.2 Å². The lowest BCUT2D eigenvalue weighted by Crippen LogP contribution is -2.31. The van der Waals surface area contributed by atoms with E-state index in [1.807, 2.05) is 0 Å². The van der Waals surface area contributed by atoms with E-state index in [1.165, 1.54) is 37.6 Å². The lowest BCUT2D eigenvalue weighted by molar-refractivity contribution is -0.135. The van der Waals surface area contributed by atoms with Crippen LogP contribution in [0, 0.1) is 11.3 Å². The van der Waals surface area contributed by atoms with Crippen LogP contribution in [0.1, 0.15) is 12.8 Å². The molecule has 0 amide bonds. The number of nitriles is 1. The van der Waals surface area contributed by atoms with Gasteiger partial charge in [-0.1, -0.05) is 0 Å². The first-order chi connectivity index (χ1) is 12.0. The van der Waals surface area contributed by atoms with E-state index in [1.54, 1.807) is 6.07 Å². The summed E-state index contributed by atoms with van der Waals surface area (Å²) >= 11 is 0. The van der Waals surface area contributed by atoms with E-state index < -0.39 is 16.0 Å². The lowest BCUT2D eigenvalue weighted by Gasteiger charge is -2.11. The number of nitrogens with zero attached hydrogens (tertiary/aromatic N) is 1. The number of carbonyl (C=O) groups excluding carboxylic acids is 1. The van der Waals surface area contributed by atoms with Crippen LogP contribution >= 0.6 is 0 Å². The summed E-state index contributed by atoms with van der Waals surface area (Å²) in [5.74, 6) is -0.757. The zero-order valence-electron chi connectivity index (χ0n) is 13.7. The highest BCUT2D eigenvalue weighted by Gasteiger charge is 2.20. The van der Waals surface area contributed by atoms with Crippen LogP contribution in [-0.2, 0) is 24.3 Å². The number of anilines is 1. The Kier molecular flexibility index (Phi) is 6.52. The van der Waals surface area contributed by atoms with Crippen molar-refractivity contribution in [3.05, 3.63) is 36.0 Å². The molecule has 0 aliphatic carbocycles. The van der Waals surface area contributed by atoms with Gasteiger partial charge < -0.3 is 14.8 Å². The van der Waals surface area contributed by atoms with Crippen molar-refractivity contribution in [3.8, 4) is 6.07 Å². The van der Waals surface area contributed by atoms with Crippen molar-refractivity contribution in [1.29, 1.82) is 5.26 Å². The number of hydrogen-bond acceptors (Lipinski definition) is 7. The third-order valence-corrected chi connectivity index (χ3v) is 5.04. The van der Waals surface area contributed by atoms with E-state index in [0.29, 0.717) is 12.3 Å². The molecule has 1 aromatic carbocycles. The second-order valence-corrected chi connectivity index (χ2v) is 7.08. The molecular formula is C16H19N3O5S. The quantitative estimate of drug-likeness (QED) is 0.422. The van der Waals surface area contributed by atoms with Gasteiger partial charge >= 0.3 is 5.97 Å². The molecule has 1 unspecified atom stereocenters. The average Bonchev–Trinajstić information content (AvgIpc) is 3.14. The van der Waals surface area contributed by atoms with Crippen molar-refractivity contribution in [2.75, 3.05) is 25.6 Å². The van der Waals surface area contributed by atoms with Crippen LogP contribution in [0.25, 0.3) is 0 Å². The van der Waals surface area contributed by atoms with Crippen LogP contribution in [0.4, 0.5) is 5.69 Å². The van der Waals surface area contributed by atoms with Crippen LogP contribution in [0.15, 0.2) is 40.9 Å². The molecule has 0 radical (unpaired) electrons. The third-order valence-electron chi connectivity index (χ3n) is 3.60. The van der Waals surface area contributed by atoms with E-state index in [-0.39, 0.29) is 23.1 Å². The Labute approximate surface area is 146 Å². The van der Waals surface area contributed by atoms with Crippen LogP contribution in [0.5, 0.6) is 0 Å². The minimum absolute atomic E-state index is 0.0800. The van der Waals surface area contributed by atoms with E-state index >= 15 is 0 Å². The SMILES string of the molecule is COC(=O)/C(C#N)=C\Nc1ccc(S(=O)(=O)NCC2CCCO2)cc1. The monoisotopic (exact) mass is 365 g/mol. The Morgan fingerprint density at radius 1 is 1.44 bits per heavy atom. The Balaban J connectivity index is 1.99. The fourth-order valence-electron chi connectivity index (χ4n) is 2.22. The number of hydrogen-bond donors (Lipinski definition) is 2. The molecule has 2 N–H and O–H groups in total. The molecule has 0 aromatic heterocycles. The molecule has 134 valence electrons. The van der Waals surface area contributed by atoms with Gasteiger partial charge in [0.25, 0.3) is 0 Å². The van der Waals surface area contributed by atoms with Crippen molar-refractivity contribution in [3.63, 3.8) is 0 Å². The largest absolute Gasteiger partial charge is 0.465 e. The zero-order chi connectivity index (χ0) is 18.3. The molecule has 1 fully saturated rings. The van der Waals surface area contributed by atoms with Crippen LogP contribution in [0.2, 0.25) is 0 Å². The second kappa shape index (κ2) is 8.62. The number of esters is 1. The third kappa shape index (κ3) is 5.29. The predicted octanol–water partition coefficient (Wildman–Crippen LogP) is 1.14. The van der Waals surface area contributed by atoms with Crippen molar-refractivity contribution in [2.45, 2.75) is 23.8 Å². The molecule has 0 spiro atoms. The van der Waals surface area contributed by atoms with Gasteiger partial charge in [0.15, 0.2) is 5.57 Å². The topological polar surface area (TPSA) is 118 Å². The molecule has 8 nitrogen and oxygen atoms in total. The Morgan fingerprint density at radius 3 is 2.72 bits per heavy atom. The summed E-state index contributed by atoms with van der Waals surface area (Å²) in [6.07, 6.45) is 2.91. The molecule has 25 heavy (non-hydrogen) atoms. The van der Waals surface area contributed by atoms with Gasteiger partial charge in [0.1, 0.15) is 6.07 Å². The van der Waals surface area contributed by atoms with Gasteiger partial charge in [0.2, 0.25) is 10.0 Å². The number of benzene rings is 1. The number of rotatable bonds is 7. The number of nitrogens with one attached hydrogen (secondary N) is 2. The highest BCUT2D eigenvalue weighted by atomic mass is 32.2. The first-order valence-electron chi connectivity index (χ1n) is 7.62. The molecule has 0 bridgehead atoms. The van der Waals surface area contributed by atoms with Crippen molar-refractivity contribution < 1.29 is 22.7 Å². The molecular weight excluding hydrogens is 346 g/mol. The number of carbonyl (C=O) groups is 1. The highest BCUT2D eigenvalue weighted by molar-refractivity contribution is 7.89. The van der Waals surface area contributed by atoms with E-state index in [4.69, 9.17) is 10.00 Å². The summed E-state index contributed by atoms with van der Waals surface area (Å²) in [4.78, 5) is 11.4. The minimum Gasteiger partial charge on any atom is -0.465 e. The van der Waals surface area contributed by atoms with Gasteiger partial charge in [-0.3, -0.25) is 0 Å². The average molecular weight is 365 g/mol. The molecule has 1 heterocycles. The summed E-state index contributed by atoms with van der Waals surface area (Å²) in [5.41, 5.74) is 0.326. The Bertz CT molecular complexity index is 775. The normalized spacial score (nSPS) is 17.8. The zero-order valence-corrected chi connectivity index (χ0v) is 14.5. The fourth-order valence-corrected chi connectivity index (χ4v) is 3.29. The Morgan fingerprint density at radius 2 is 2.16 bits per heavy atom. The Hall–Kier alpha value is -2.41. The first-order valence-corrected chi connectivity index (χ1v) is 9.11. The molecule has 2 rings (SSSR count). The first kappa shape index (κ1) is 18.9. The highest BCUT2D eigenvalue weighted by Crippen LogP contribution is 2.16. The maximum absolute atomic E-state index is 12.2. The van der Waals surface area contributed by atoms with Gasteiger partial charge in [0.05, 0.1) is 18.1 Å². The van der Waals surface area contributed by atoms with E-state index in [2.05, 4.69) is 14.8 Å². The predicted molar refractivity (Wildman–Crippen MR) is 89.9 cm³/mol. The lowest BCUT2D eigenvalue weighted by atomic mass is 10.2. The molecule has 9 heteroatoms. The number of ether oxygens (including phenoxy) is 2. The summed E-state index contributed by atoms with van der Waals surface area (Å²) < 4.78 is 36.9. The second-order valence-electron chi connectivity index (χ2n) is 5.32. The van der Waals surface area contributed by atoms with E-state index in [0.717, 1.165) is 12.8 Å². The molecule has 0 saturated carbocycles. The smallest absolute Gasteiger partial charge is 0.350 e. The van der Waals surface area contributed by atoms with Gasteiger partial charge in [-0.15, -0.1) is 0 Å². The van der Waals surface area contributed by atoms with Gasteiger partial charge in [-0.25, -0.2) is 17.9 Å². The van der Waals surface area contributed by atoms with Crippen LogP contribution in [-0.4, -0.2) is 40.8 Å². The molecule has 1 saturated heterocycles. The maximum atomic E-state index is 12.2. The fraction of sp³-hybridized carbons (Fsp3) is 0.375. The summed E-state index contributed by atoms with van der Waals surface area (Å²) in [6.45, 7) is 0.909. The van der Waals surface area contributed by atoms with Crippen molar-refractivity contribution in [1.82, 2.24) is 4.72 Å². The standard InChI is InChI=1S/C16H19N3O5S/c1-23-16(20)12(9-17)10-18-13-4-6-15(7-5-13)25(21,22)19-11-14-3-2-8-24-14/h4-7,10,14,18-19H,2-3,8,11H2,1H3/b12-10-. The molecule has 1 aliphatic heterocycles. The maximum Gasteiger partial charge on any atom is 0.350 e. The summed E-state index contributed by atoms with van der Waals surface area (Å²) in [6, 6.07) is 7.63. The van der Waals surface area contributed by atoms with Gasteiger partial charge in [-0.2, -0.15) is 5.26 Å². The molecule has 1 aliphatic rings. The number of sulfonamides is 1. The molecule has 1 aromatic rings. The van der Waals surface area contributed by atoms with Crippen LogP contribution < -0.4 is 10.0 Å². The minimum atomic E-state index is -3.62. The van der Waals surface area contributed by atoms with Gasteiger partial charge in [-0.05, 0) is 37.1 Å². The van der Waals surface area contributed by atoms with Gasteiger partial charge in [0, 0.05) is 25.0 Å².